The molecule has 3 aromatic rings. The number of halogens is 1. The number of aromatic amines is 1. The summed E-state index contributed by atoms with van der Waals surface area (Å²) in [4.78, 5) is 3.49. The molecule has 0 radical (unpaired) electrons. The third-order valence-electron chi connectivity index (χ3n) is 4.57. The molecule has 0 amide bonds. The molecule has 0 aliphatic heterocycles. The van der Waals surface area contributed by atoms with Gasteiger partial charge in [0.2, 0.25) is 0 Å². The molecule has 1 aliphatic rings. The van der Waals surface area contributed by atoms with E-state index in [4.69, 9.17) is 17.3 Å². The molecule has 0 saturated carbocycles. The van der Waals surface area contributed by atoms with Crippen LogP contribution in [-0.4, -0.2) is 10.1 Å². The zero-order valence-corrected chi connectivity index (χ0v) is 12.8. The lowest BCUT2D eigenvalue weighted by atomic mass is 9.87. The number of rotatable bonds is 2. The van der Waals surface area contributed by atoms with Crippen LogP contribution in [0.4, 0.5) is 0 Å². The summed E-state index contributed by atoms with van der Waals surface area (Å²) in [5.74, 6) is 0. The molecule has 3 nitrogen and oxygen atoms in total. The summed E-state index contributed by atoms with van der Waals surface area (Å²) in [6, 6.07) is 12.0. The summed E-state index contributed by atoms with van der Waals surface area (Å²) in [6.07, 6.45) is 1.90. The smallest absolute Gasteiger partial charge is 0.0681 e. The second-order valence-corrected chi connectivity index (χ2v) is 6.27. The zero-order chi connectivity index (χ0) is 15.3. The van der Waals surface area contributed by atoms with Gasteiger partial charge in [-0.15, -0.1) is 0 Å². The molecule has 1 heterocycles. The lowest BCUT2D eigenvalue weighted by Crippen LogP contribution is -2.15. The minimum Gasteiger partial charge on any atom is -0.392 e. The van der Waals surface area contributed by atoms with E-state index in [1.54, 1.807) is 0 Å². The van der Waals surface area contributed by atoms with Crippen LogP contribution in [0.5, 0.6) is 0 Å². The van der Waals surface area contributed by atoms with Crippen molar-refractivity contribution >= 4 is 22.5 Å². The maximum absolute atomic E-state index is 9.19. The van der Waals surface area contributed by atoms with Crippen LogP contribution in [0.3, 0.4) is 0 Å². The highest BCUT2D eigenvalue weighted by molar-refractivity contribution is 6.35. The van der Waals surface area contributed by atoms with E-state index in [0.29, 0.717) is 0 Å². The summed E-state index contributed by atoms with van der Waals surface area (Å²) in [6.45, 7) is 0.0602. The standard InChI is InChI=1S/C18H17ClN2O/c19-14-7-5-12-15(20)8-6-13-16(12)18(14)21-17(13)11-3-1-10(9-22)2-4-11/h1-5,7,15,21-22H,6,8-9,20H2. The fourth-order valence-electron chi connectivity index (χ4n) is 3.40. The Labute approximate surface area is 133 Å². The van der Waals surface area contributed by atoms with Crippen molar-refractivity contribution in [3.05, 3.63) is 58.1 Å². The second kappa shape index (κ2) is 5.13. The summed E-state index contributed by atoms with van der Waals surface area (Å²) in [5.41, 5.74) is 12.8. The van der Waals surface area contributed by atoms with E-state index >= 15 is 0 Å². The molecule has 22 heavy (non-hydrogen) atoms. The fraction of sp³-hybridized carbons (Fsp3) is 0.222. The van der Waals surface area contributed by atoms with Gasteiger partial charge >= 0.3 is 0 Å². The third kappa shape index (κ3) is 1.97. The lowest BCUT2D eigenvalue weighted by molar-refractivity contribution is 0.282. The van der Waals surface area contributed by atoms with Crippen LogP contribution in [0.15, 0.2) is 36.4 Å². The Balaban J connectivity index is 1.97. The van der Waals surface area contributed by atoms with Gasteiger partial charge in [-0.05, 0) is 41.2 Å². The van der Waals surface area contributed by atoms with E-state index in [-0.39, 0.29) is 12.6 Å². The Kier molecular flexibility index (Phi) is 3.22. The van der Waals surface area contributed by atoms with Gasteiger partial charge < -0.3 is 15.8 Å². The van der Waals surface area contributed by atoms with Crippen molar-refractivity contribution < 1.29 is 5.11 Å². The minimum absolute atomic E-state index is 0.0602. The van der Waals surface area contributed by atoms with Crippen LogP contribution < -0.4 is 5.73 Å². The molecule has 4 rings (SSSR count). The van der Waals surface area contributed by atoms with Crippen molar-refractivity contribution in [2.45, 2.75) is 25.5 Å². The van der Waals surface area contributed by atoms with Crippen LogP contribution >= 0.6 is 11.6 Å². The molecule has 2 aromatic carbocycles. The van der Waals surface area contributed by atoms with E-state index in [9.17, 15) is 5.11 Å². The Morgan fingerprint density at radius 3 is 2.68 bits per heavy atom. The van der Waals surface area contributed by atoms with Crippen LogP contribution in [0.25, 0.3) is 22.2 Å². The van der Waals surface area contributed by atoms with E-state index in [1.807, 2.05) is 36.4 Å². The maximum Gasteiger partial charge on any atom is 0.0681 e. The third-order valence-corrected chi connectivity index (χ3v) is 4.89. The summed E-state index contributed by atoms with van der Waals surface area (Å²) in [5, 5.41) is 11.1. The van der Waals surface area contributed by atoms with Gasteiger partial charge in [0, 0.05) is 17.1 Å². The molecular weight excluding hydrogens is 296 g/mol. The van der Waals surface area contributed by atoms with Gasteiger partial charge in [-0.2, -0.15) is 0 Å². The molecule has 0 saturated heterocycles. The molecule has 1 atom stereocenters. The number of aliphatic hydroxyl groups excluding tert-OH is 1. The van der Waals surface area contributed by atoms with Crippen molar-refractivity contribution in [1.29, 1.82) is 0 Å². The summed E-state index contributed by atoms with van der Waals surface area (Å²) in [7, 11) is 0. The molecule has 1 aliphatic carbocycles. The molecule has 4 heteroatoms. The Morgan fingerprint density at radius 1 is 1.18 bits per heavy atom. The highest BCUT2D eigenvalue weighted by Gasteiger charge is 2.24. The molecule has 0 fully saturated rings. The Morgan fingerprint density at radius 2 is 1.95 bits per heavy atom. The van der Waals surface area contributed by atoms with Gasteiger partial charge in [0.25, 0.3) is 0 Å². The number of hydrogen-bond acceptors (Lipinski definition) is 2. The highest BCUT2D eigenvalue weighted by atomic mass is 35.5. The normalized spacial score (nSPS) is 17.1. The second-order valence-electron chi connectivity index (χ2n) is 5.87. The molecule has 0 bridgehead atoms. The largest absolute Gasteiger partial charge is 0.392 e. The molecule has 4 N–H and O–H groups in total. The monoisotopic (exact) mass is 312 g/mol. The van der Waals surface area contributed by atoms with Gasteiger partial charge in [0.1, 0.15) is 0 Å². The fourth-order valence-corrected chi connectivity index (χ4v) is 3.61. The van der Waals surface area contributed by atoms with Crippen LogP contribution in [0.2, 0.25) is 5.02 Å². The highest BCUT2D eigenvalue weighted by Crippen LogP contribution is 2.42. The number of nitrogens with one attached hydrogen (secondary N) is 1. The topological polar surface area (TPSA) is 62.0 Å². The first kappa shape index (κ1) is 13.8. The zero-order valence-electron chi connectivity index (χ0n) is 12.1. The molecule has 0 spiro atoms. The van der Waals surface area contributed by atoms with Gasteiger partial charge in [-0.25, -0.2) is 0 Å². The van der Waals surface area contributed by atoms with Gasteiger partial charge in [-0.1, -0.05) is 41.9 Å². The van der Waals surface area contributed by atoms with Crippen LogP contribution in [-0.2, 0) is 13.0 Å². The lowest BCUT2D eigenvalue weighted by Gasteiger charge is -2.20. The van der Waals surface area contributed by atoms with Crippen molar-refractivity contribution in [3.8, 4) is 11.3 Å². The van der Waals surface area contributed by atoms with Gasteiger partial charge in [0.05, 0.1) is 17.1 Å². The maximum atomic E-state index is 9.19. The number of benzene rings is 2. The number of aliphatic hydroxyl groups is 1. The van der Waals surface area contributed by atoms with Crippen LogP contribution in [0, 0.1) is 0 Å². The average Bonchev–Trinajstić information content (AvgIpc) is 2.94. The predicted octanol–water partition coefficient (Wildman–Crippen LogP) is 3.93. The van der Waals surface area contributed by atoms with E-state index in [0.717, 1.165) is 40.2 Å². The predicted molar refractivity (Wildman–Crippen MR) is 89.9 cm³/mol. The number of aryl methyl sites for hydroxylation is 1. The van der Waals surface area contributed by atoms with Gasteiger partial charge in [-0.3, -0.25) is 0 Å². The first-order valence-electron chi connectivity index (χ1n) is 7.47. The minimum atomic E-state index is 0.0602. The summed E-state index contributed by atoms with van der Waals surface area (Å²) >= 11 is 6.37. The van der Waals surface area contributed by atoms with Crippen molar-refractivity contribution in [1.82, 2.24) is 4.98 Å². The van der Waals surface area contributed by atoms with Crippen LogP contribution in [0.1, 0.15) is 29.2 Å². The number of aromatic nitrogens is 1. The van der Waals surface area contributed by atoms with Crippen molar-refractivity contribution in [2.24, 2.45) is 5.73 Å². The SMILES string of the molecule is NC1CCc2c(-c3ccc(CO)cc3)[nH]c3c(Cl)ccc1c23. The molecular formula is C18H17ClN2O. The first-order chi connectivity index (χ1) is 10.7. The molecule has 1 unspecified atom stereocenters. The summed E-state index contributed by atoms with van der Waals surface area (Å²) < 4.78 is 0. The van der Waals surface area contributed by atoms with E-state index < -0.39 is 0 Å². The van der Waals surface area contributed by atoms with E-state index in [2.05, 4.69) is 4.98 Å². The Hall–Kier alpha value is -1.81. The number of hydrogen-bond donors (Lipinski definition) is 3. The van der Waals surface area contributed by atoms with Crippen molar-refractivity contribution in [3.63, 3.8) is 0 Å². The first-order valence-corrected chi connectivity index (χ1v) is 7.85. The van der Waals surface area contributed by atoms with Gasteiger partial charge in [0.15, 0.2) is 0 Å². The average molecular weight is 313 g/mol. The van der Waals surface area contributed by atoms with E-state index in [1.165, 1.54) is 16.5 Å². The molecule has 1 aromatic heterocycles. The number of nitrogens with two attached hydrogens (primary N) is 1. The Bertz CT molecular complexity index is 852. The van der Waals surface area contributed by atoms with Crippen molar-refractivity contribution in [2.75, 3.05) is 0 Å². The quantitative estimate of drug-likeness (QED) is 0.671. The molecule has 112 valence electrons. The number of H-pyrrole nitrogens is 1.